The van der Waals surface area contributed by atoms with Gasteiger partial charge < -0.3 is 9.73 Å². The summed E-state index contributed by atoms with van der Waals surface area (Å²) in [6, 6.07) is 0. The second-order valence-electron chi connectivity index (χ2n) is 3.51. The molecule has 0 spiro atoms. The van der Waals surface area contributed by atoms with Crippen molar-refractivity contribution >= 4 is 11.8 Å². The molecular formula is C11H14N4OS. The number of hydrogen-bond donors (Lipinski definition) is 1. The van der Waals surface area contributed by atoms with E-state index in [4.69, 9.17) is 4.42 Å². The molecule has 0 saturated carbocycles. The van der Waals surface area contributed by atoms with Crippen LogP contribution in [0.4, 0.5) is 0 Å². The van der Waals surface area contributed by atoms with Crippen LogP contribution in [0.3, 0.4) is 0 Å². The summed E-state index contributed by atoms with van der Waals surface area (Å²) in [5, 5.41) is 4.44. The topological polar surface area (TPSA) is 63.8 Å². The van der Waals surface area contributed by atoms with Crippen molar-refractivity contribution in [1.82, 2.24) is 20.3 Å². The lowest BCUT2D eigenvalue weighted by molar-refractivity contribution is 0.453. The monoisotopic (exact) mass is 250 g/mol. The Morgan fingerprint density at radius 1 is 1.35 bits per heavy atom. The Bertz CT molecular complexity index is 469. The van der Waals surface area contributed by atoms with E-state index in [0.29, 0.717) is 10.4 Å². The van der Waals surface area contributed by atoms with Gasteiger partial charge in [-0.15, -0.1) is 0 Å². The fraction of sp³-hybridized carbons (Fsp3) is 0.364. The predicted molar refractivity (Wildman–Crippen MR) is 64.8 cm³/mol. The number of nitrogens with zero attached hydrogens (tertiary/aromatic N) is 3. The molecule has 2 heterocycles. The molecule has 0 amide bonds. The molecule has 0 bridgehead atoms. The Balaban J connectivity index is 1.98. The Kier molecular flexibility index (Phi) is 4.11. The van der Waals surface area contributed by atoms with Crippen molar-refractivity contribution in [2.75, 3.05) is 6.54 Å². The van der Waals surface area contributed by atoms with Crippen LogP contribution in [0.15, 0.2) is 33.5 Å². The van der Waals surface area contributed by atoms with E-state index in [1.807, 2.05) is 19.3 Å². The molecule has 5 nitrogen and oxygen atoms in total. The predicted octanol–water partition coefficient (Wildman–Crippen LogP) is 2.03. The maximum absolute atomic E-state index is 5.22. The lowest BCUT2D eigenvalue weighted by atomic mass is 10.3. The normalized spacial score (nSPS) is 10.7. The van der Waals surface area contributed by atoms with Gasteiger partial charge >= 0.3 is 0 Å². The molecule has 0 aliphatic rings. The molecule has 0 atom stereocenters. The van der Waals surface area contributed by atoms with Gasteiger partial charge in [-0.2, -0.15) is 0 Å². The Morgan fingerprint density at radius 2 is 2.12 bits per heavy atom. The van der Waals surface area contributed by atoms with Crippen molar-refractivity contribution < 1.29 is 4.42 Å². The molecule has 2 aromatic rings. The lowest BCUT2D eigenvalue weighted by Crippen LogP contribution is -2.12. The molecule has 2 aromatic heterocycles. The molecule has 0 radical (unpaired) electrons. The van der Waals surface area contributed by atoms with Crippen molar-refractivity contribution in [2.24, 2.45) is 0 Å². The summed E-state index contributed by atoms with van der Waals surface area (Å²) in [5.41, 5.74) is 1.93. The molecule has 6 heteroatoms. The average molecular weight is 250 g/mol. The zero-order valence-electron chi connectivity index (χ0n) is 9.80. The van der Waals surface area contributed by atoms with Gasteiger partial charge in [0.1, 0.15) is 6.26 Å². The fourth-order valence-corrected chi connectivity index (χ4v) is 1.87. The molecule has 0 saturated heterocycles. The SMILES string of the molecule is CCNCc1cnc(Sc2nc(C)co2)nc1. The van der Waals surface area contributed by atoms with E-state index < -0.39 is 0 Å². The Morgan fingerprint density at radius 3 is 2.71 bits per heavy atom. The third-order valence-corrected chi connectivity index (χ3v) is 2.79. The third-order valence-electron chi connectivity index (χ3n) is 2.04. The zero-order valence-corrected chi connectivity index (χ0v) is 10.6. The molecular weight excluding hydrogens is 236 g/mol. The molecule has 0 fully saturated rings. The van der Waals surface area contributed by atoms with Crippen LogP contribution in [0.25, 0.3) is 0 Å². The van der Waals surface area contributed by atoms with Gasteiger partial charge in [0.25, 0.3) is 5.22 Å². The molecule has 0 unspecified atom stereocenters. The molecule has 0 aromatic carbocycles. The maximum Gasteiger partial charge on any atom is 0.263 e. The largest absolute Gasteiger partial charge is 0.439 e. The minimum absolute atomic E-state index is 0.571. The van der Waals surface area contributed by atoms with Crippen LogP contribution < -0.4 is 5.32 Å². The second-order valence-corrected chi connectivity index (χ2v) is 4.43. The highest BCUT2D eigenvalue weighted by molar-refractivity contribution is 7.98. The molecule has 17 heavy (non-hydrogen) atoms. The summed E-state index contributed by atoms with van der Waals surface area (Å²) < 4.78 is 5.22. The van der Waals surface area contributed by atoms with Crippen molar-refractivity contribution in [3.8, 4) is 0 Å². The van der Waals surface area contributed by atoms with Crippen LogP contribution in [-0.2, 0) is 6.54 Å². The van der Waals surface area contributed by atoms with Crippen molar-refractivity contribution in [3.05, 3.63) is 29.9 Å². The van der Waals surface area contributed by atoms with Crippen LogP contribution in [0, 0.1) is 6.92 Å². The summed E-state index contributed by atoms with van der Waals surface area (Å²) in [6.07, 6.45) is 5.24. The van der Waals surface area contributed by atoms with Gasteiger partial charge in [-0.05, 0) is 13.5 Å². The van der Waals surface area contributed by atoms with Crippen LogP contribution in [-0.4, -0.2) is 21.5 Å². The first-order valence-electron chi connectivity index (χ1n) is 5.39. The quantitative estimate of drug-likeness (QED) is 0.819. The first-order valence-corrected chi connectivity index (χ1v) is 6.21. The smallest absolute Gasteiger partial charge is 0.263 e. The minimum atomic E-state index is 0.571. The van der Waals surface area contributed by atoms with Gasteiger partial charge in [-0.1, -0.05) is 6.92 Å². The van der Waals surface area contributed by atoms with E-state index in [9.17, 15) is 0 Å². The molecule has 0 aliphatic carbocycles. The van der Waals surface area contributed by atoms with E-state index >= 15 is 0 Å². The van der Waals surface area contributed by atoms with Crippen molar-refractivity contribution in [2.45, 2.75) is 30.8 Å². The second kappa shape index (κ2) is 5.79. The summed E-state index contributed by atoms with van der Waals surface area (Å²) >= 11 is 1.32. The lowest BCUT2D eigenvalue weighted by Gasteiger charge is -2.01. The molecule has 2 rings (SSSR count). The van der Waals surface area contributed by atoms with Gasteiger partial charge in [0.15, 0.2) is 5.16 Å². The van der Waals surface area contributed by atoms with Gasteiger partial charge in [0.2, 0.25) is 0 Å². The molecule has 1 N–H and O–H groups in total. The number of aromatic nitrogens is 3. The Hall–Kier alpha value is -1.40. The number of hydrogen-bond acceptors (Lipinski definition) is 6. The van der Waals surface area contributed by atoms with Gasteiger partial charge in [-0.25, -0.2) is 15.0 Å². The zero-order chi connectivity index (χ0) is 12.1. The highest BCUT2D eigenvalue weighted by atomic mass is 32.2. The summed E-state index contributed by atoms with van der Waals surface area (Å²) in [4.78, 5) is 12.7. The van der Waals surface area contributed by atoms with Crippen LogP contribution >= 0.6 is 11.8 Å². The number of rotatable bonds is 5. The van der Waals surface area contributed by atoms with E-state index in [2.05, 4.69) is 27.2 Å². The minimum Gasteiger partial charge on any atom is -0.439 e. The van der Waals surface area contributed by atoms with Crippen molar-refractivity contribution in [1.29, 1.82) is 0 Å². The molecule has 0 aliphatic heterocycles. The summed E-state index contributed by atoms with van der Waals surface area (Å²) in [5.74, 6) is 0. The first kappa shape index (κ1) is 12.1. The van der Waals surface area contributed by atoms with E-state index in [0.717, 1.165) is 24.3 Å². The maximum atomic E-state index is 5.22. The first-order chi connectivity index (χ1) is 8.28. The highest BCUT2D eigenvalue weighted by Crippen LogP contribution is 2.22. The van der Waals surface area contributed by atoms with Crippen LogP contribution in [0.5, 0.6) is 0 Å². The van der Waals surface area contributed by atoms with Crippen LogP contribution in [0.1, 0.15) is 18.2 Å². The van der Waals surface area contributed by atoms with Crippen LogP contribution in [0.2, 0.25) is 0 Å². The standard InChI is InChI=1S/C11H14N4OS/c1-3-12-4-9-5-13-10(14-6-9)17-11-15-8(2)7-16-11/h5-7,12H,3-4H2,1-2H3. The summed E-state index contributed by atoms with van der Waals surface area (Å²) in [7, 11) is 0. The van der Waals surface area contributed by atoms with Crippen molar-refractivity contribution in [3.63, 3.8) is 0 Å². The number of aryl methyl sites for hydroxylation is 1. The van der Waals surface area contributed by atoms with Gasteiger partial charge in [0, 0.05) is 36.3 Å². The molecule has 90 valence electrons. The van der Waals surface area contributed by atoms with E-state index in [1.54, 1.807) is 6.26 Å². The van der Waals surface area contributed by atoms with E-state index in [1.165, 1.54) is 11.8 Å². The number of oxazole rings is 1. The van der Waals surface area contributed by atoms with Gasteiger partial charge in [-0.3, -0.25) is 0 Å². The average Bonchev–Trinajstić information content (AvgIpc) is 2.74. The van der Waals surface area contributed by atoms with E-state index in [-0.39, 0.29) is 0 Å². The fourth-order valence-electron chi connectivity index (χ4n) is 1.21. The van der Waals surface area contributed by atoms with Gasteiger partial charge in [0.05, 0.1) is 5.69 Å². The third kappa shape index (κ3) is 3.54. The highest BCUT2D eigenvalue weighted by Gasteiger charge is 2.05. The summed E-state index contributed by atoms with van der Waals surface area (Å²) in [6.45, 7) is 5.68. The number of nitrogens with one attached hydrogen (secondary N) is 1. The Labute approximate surface area is 104 Å².